The molecule has 3 aromatic rings. The van der Waals surface area contributed by atoms with Crippen LogP contribution < -0.4 is 26.0 Å². The number of pyridine rings is 1. The van der Waals surface area contributed by atoms with E-state index in [4.69, 9.17) is 15.2 Å². The number of anilines is 4. The summed E-state index contributed by atoms with van der Waals surface area (Å²) >= 11 is 0. The first kappa shape index (κ1) is 22.4. The Morgan fingerprint density at radius 3 is 2.52 bits per heavy atom. The third kappa shape index (κ3) is 6.14. The SMILES string of the molecule is COc1ccc(CNc2cc(Nc3ccc(N4CCOCC4)cc3)ncc2CC(N)=O)cc1. The number of rotatable bonds is 9. The maximum Gasteiger partial charge on any atom is 0.221 e. The van der Waals surface area contributed by atoms with Crippen LogP contribution >= 0.6 is 0 Å². The number of morpholine rings is 1. The maximum absolute atomic E-state index is 11.5. The van der Waals surface area contributed by atoms with Gasteiger partial charge >= 0.3 is 0 Å². The quantitative estimate of drug-likeness (QED) is 0.463. The summed E-state index contributed by atoms with van der Waals surface area (Å²) in [5, 5.41) is 6.74. The van der Waals surface area contributed by atoms with Crippen LogP contribution in [0.25, 0.3) is 0 Å². The number of nitrogens with one attached hydrogen (secondary N) is 2. The fourth-order valence-electron chi connectivity index (χ4n) is 3.71. The smallest absolute Gasteiger partial charge is 0.221 e. The Kier molecular flexibility index (Phi) is 7.26. The standard InChI is InChI=1S/C25H29N5O3/c1-32-22-8-2-18(3-9-22)16-27-23-15-25(28-17-19(23)14-24(26)31)29-20-4-6-21(7-5-20)30-10-12-33-13-11-30/h2-9,15,17H,10-14,16H2,1H3,(H2,26,31)(H2,27,28,29). The van der Waals surface area contributed by atoms with Crippen molar-refractivity contribution >= 4 is 28.8 Å². The maximum atomic E-state index is 11.5. The van der Waals surface area contributed by atoms with Gasteiger partial charge in [0, 0.05) is 54.5 Å². The first-order valence-electron chi connectivity index (χ1n) is 10.9. The molecule has 2 aromatic carbocycles. The van der Waals surface area contributed by atoms with E-state index in [1.165, 1.54) is 5.69 Å². The molecule has 1 amide bonds. The second kappa shape index (κ2) is 10.7. The molecule has 4 N–H and O–H groups in total. The summed E-state index contributed by atoms with van der Waals surface area (Å²) in [7, 11) is 1.64. The second-order valence-corrected chi connectivity index (χ2v) is 7.84. The molecular weight excluding hydrogens is 418 g/mol. The summed E-state index contributed by atoms with van der Waals surface area (Å²) in [5.74, 6) is 1.09. The summed E-state index contributed by atoms with van der Waals surface area (Å²) in [4.78, 5) is 18.3. The van der Waals surface area contributed by atoms with Crippen LogP contribution in [0.5, 0.6) is 5.75 Å². The minimum atomic E-state index is -0.399. The fraction of sp³-hybridized carbons (Fsp3) is 0.280. The number of carbonyl (C=O) groups is 1. The van der Waals surface area contributed by atoms with E-state index in [9.17, 15) is 4.79 Å². The number of ether oxygens (including phenoxy) is 2. The predicted octanol–water partition coefficient (Wildman–Crippen LogP) is 3.31. The normalized spacial score (nSPS) is 13.4. The lowest BCUT2D eigenvalue weighted by molar-refractivity contribution is -0.117. The third-order valence-electron chi connectivity index (χ3n) is 5.51. The van der Waals surface area contributed by atoms with Crippen molar-refractivity contribution in [2.45, 2.75) is 13.0 Å². The molecule has 1 saturated heterocycles. The molecule has 1 fully saturated rings. The van der Waals surface area contributed by atoms with Gasteiger partial charge in [-0.05, 0) is 42.0 Å². The highest BCUT2D eigenvalue weighted by atomic mass is 16.5. The fourth-order valence-corrected chi connectivity index (χ4v) is 3.71. The zero-order chi connectivity index (χ0) is 23.0. The minimum Gasteiger partial charge on any atom is -0.497 e. The van der Waals surface area contributed by atoms with Crippen LogP contribution in [0.3, 0.4) is 0 Å². The number of methoxy groups -OCH3 is 1. The highest BCUT2D eigenvalue weighted by Gasteiger charge is 2.12. The first-order valence-corrected chi connectivity index (χ1v) is 10.9. The number of hydrogen-bond donors (Lipinski definition) is 3. The van der Waals surface area contributed by atoms with Gasteiger partial charge in [-0.3, -0.25) is 4.79 Å². The molecule has 1 aromatic heterocycles. The molecule has 2 heterocycles. The molecule has 0 saturated carbocycles. The van der Waals surface area contributed by atoms with Crippen molar-refractivity contribution in [3.8, 4) is 5.75 Å². The molecule has 0 radical (unpaired) electrons. The summed E-state index contributed by atoms with van der Waals surface area (Å²) in [5.41, 5.74) is 10.2. The third-order valence-corrected chi connectivity index (χ3v) is 5.51. The van der Waals surface area contributed by atoms with Gasteiger partial charge in [0.15, 0.2) is 0 Å². The average molecular weight is 448 g/mol. The topological polar surface area (TPSA) is 102 Å². The van der Waals surface area contributed by atoms with Crippen molar-refractivity contribution in [3.63, 3.8) is 0 Å². The molecule has 0 aliphatic carbocycles. The zero-order valence-electron chi connectivity index (χ0n) is 18.7. The molecule has 33 heavy (non-hydrogen) atoms. The van der Waals surface area contributed by atoms with Gasteiger partial charge in [0.05, 0.1) is 26.7 Å². The Morgan fingerprint density at radius 2 is 1.85 bits per heavy atom. The second-order valence-electron chi connectivity index (χ2n) is 7.84. The van der Waals surface area contributed by atoms with Gasteiger partial charge in [0.1, 0.15) is 11.6 Å². The van der Waals surface area contributed by atoms with Gasteiger partial charge in [-0.2, -0.15) is 0 Å². The van der Waals surface area contributed by atoms with E-state index in [1.807, 2.05) is 42.5 Å². The van der Waals surface area contributed by atoms with E-state index in [0.29, 0.717) is 12.4 Å². The molecule has 8 heteroatoms. The molecule has 0 unspecified atom stereocenters. The average Bonchev–Trinajstić information content (AvgIpc) is 2.85. The van der Waals surface area contributed by atoms with Crippen LogP contribution in [0, 0.1) is 0 Å². The molecule has 1 aliphatic rings. The molecule has 4 rings (SSSR count). The first-order chi connectivity index (χ1) is 16.1. The van der Waals surface area contributed by atoms with Crippen molar-refractivity contribution < 1.29 is 14.3 Å². The van der Waals surface area contributed by atoms with Gasteiger partial charge < -0.3 is 30.7 Å². The van der Waals surface area contributed by atoms with Crippen LogP contribution in [0.2, 0.25) is 0 Å². The van der Waals surface area contributed by atoms with E-state index < -0.39 is 5.91 Å². The van der Waals surface area contributed by atoms with E-state index >= 15 is 0 Å². The van der Waals surface area contributed by atoms with Gasteiger partial charge in [0.2, 0.25) is 5.91 Å². The highest BCUT2D eigenvalue weighted by Crippen LogP contribution is 2.25. The van der Waals surface area contributed by atoms with Crippen molar-refractivity contribution in [2.24, 2.45) is 5.73 Å². The number of hydrogen-bond acceptors (Lipinski definition) is 7. The molecular formula is C25H29N5O3. The molecule has 0 atom stereocenters. The summed E-state index contributed by atoms with van der Waals surface area (Å²) < 4.78 is 10.6. The minimum absolute atomic E-state index is 0.118. The molecule has 8 nitrogen and oxygen atoms in total. The van der Waals surface area contributed by atoms with Gasteiger partial charge in [0.25, 0.3) is 0 Å². The number of nitrogens with two attached hydrogens (primary N) is 1. The van der Waals surface area contributed by atoms with Crippen LogP contribution in [0.1, 0.15) is 11.1 Å². The van der Waals surface area contributed by atoms with Crippen molar-refractivity contribution in [1.29, 1.82) is 0 Å². The number of carbonyl (C=O) groups excluding carboxylic acids is 1. The molecule has 0 spiro atoms. The van der Waals surface area contributed by atoms with E-state index in [-0.39, 0.29) is 6.42 Å². The Morgan fingerprint density at radius 1 is 1.12 bits per heavy atom. The summed E-state index contributed by atoms with van der Waals surface area (Å²) in [6.07, 6.45) is 1.80. The number of nitrogens with zero attached hydrogens (tertiary/aromatic N) is 2. The number of benzene rings is 2. The number of primary amides is 1. The molecule has 172 valence electrons. The van der Waals surface area contributed by atoms with Crippen LogP contribution in [0.15, 0.2) is 60.8 Å². The lowest BCUT2D eigenvalue weighted by Crippen LogP contribution is -2.36. The lowest BCUT2D eigenvalue weighted by Gasteiger charge is -2.28. The van der Waals surface area contributed by atoms with E-state index in [1.54, 1.807) is 13.3 Å². The van der Waals surface area contributed by atoms with Crippen molar-refractivity contribution in [3.05, 3.63) is 71.9 Å². The van der Waals surface area contributed by atoms with Crippen molar-refractivity contribution in [2.75, 3.05) is 48.9 Å². The Balaban J connectivity index is 1.46. The predicted molar refractivity (Wildman–Crippen MR) is 130 cm³/mol. The number of amides is 1. The van der Waals surface area contributed by atoms with E-state index in [2.05, 4.69) is 32.7 Å². The van der Waals surface area contributed by atoms with Gasteiger partial charge in [-0.15, -0.1) is 0 Å². The summed E-state index contributed by atoms with van der Waals surface area (Å²) in [6, 6.07) is 18.0. The Labute approximate surface area is 193 Å². The van der Waals surface area contributed by atoms with E-state index in [0.717, 1.165) is 54.6 Å². The number of aromatic nitrogens is 1. The monoisotopic (exact) mass is 447 g/mol. The molecule has 1 aliphatic heterocycles. The zero-order valence-corrected chi connectivity index (χ0v) is 18.7. The summed E-state index contributed by atoms with van der Waals surface area (Å²) in [6.45, 7) is 3.91. The van der Waals surface area contributed by atoms with Crippen LogP contribution in [0.4, 0.5) is 22.9 Å². The van der Waals surface area contributed by atoms with Crippen LogP contribution in [-0.2, 0) is 22.5 Å². The lowest BCUT2D eigenvalue weighted by atomic mass is 10.1. The largest absolute Gasteiger partial charge is 0.497 e. The highest BCUT2D eigenvalue weighted by molar-refractivity contribution is 5.79. The Hall–Kier alpha value is -3.78. The Bertz CT molecular complexity index is 1060. The van der Waals surface area contributed by atoms with Gasteiger partial charge in [-0.25, -0.2) is 4.98 Å². The van der Waals surface area contributed by atoms with Gasteiger partial charge in [-0.1, -0.05) is 12.1 Å². The van der Waals surface area contributed by atoms with Crippen LogP contribution in [-0.4, -0.2) is 44.3 Å². The van der Waals surface area contributed by atoms with Crippen molar-refractivity contribution in [1.82, 2.24) is 4.98 Å². The molecule has 0 bridgehead atoms.